The quantitative estimate of drug-likeness (QED) is 0.167. The average molecular weight is 807 g/mol. The Kier molecular flexibility index (Phi) is 7.80. The smallest absolute Gasteiger partial charge is 0.164 e. The van der Waals surface area contributed by atoms with Crippen molar-refractivity contribution >= 4 is 65.7 Å². The Morgan fingerprint density at radius 1 is 0.302 bits per heavy atom. The van der Waals surface area contributed by atoms with Crippen LogP contribution in [0.4, 0.5) is 0 Å². The fraction of sp³-hybridized carbons (Fsp3) is 0. The van der Waals surface area contributed by atoms with Crippen LogP contribution in [-0.2, 0) is 0 Å². The van der Waals surface area contributed by atoms with Gasteiger partial charge in [0.25, 0.3) is 0 Å². The van der Waals surface area contributed by atoms with Crippen molar-refractivity contribution in [2.75, 3.05) is 0 Å². The molecule has 13 rings (SSSR count). The molecular formula is C57H34N4O2. The first-order valence-corrected chi connectivity index (χ1v) is 21.1. The fourth-order valence-corrected chi connectivity index (χ4v) is 9.47. The number of furan rings is 2. The lowest BCUT2D eigenvalue weighted by Crippen LogP contribution is -2.01. The van der Waals surface area contributed by atoms with Gasteiger partial charge < -0.3 is 13.4 Å². The SMILES string of the molecule is c1ccc(-c2nc(-c3cccc(-n4c5ccccc5c5ccccc54)c3)nc(-c3cccc4oc5ccc(-c6cccc7oc8cccc(-c9ccccc9)c8c67)cc5c34)n2)cc1. The molecule has 0 fully saturated rings. The predicted molar refractivity (Wildman–Crippen MR) is 256 cm³/mol. The lowest BCUT2D eigenvalue weighted by Gasteiger charge is -2.12. The zero-order chi connectivity index (χ0) is 41.4. The van der Waals surface area contributed by atoms with Crippen LogP contribution in [0.5, 0.6) is 0 Å². The summed E-state index contributed by atoms with van der Waals surface area (Å²) in [4.78, 5) is 15.6. The van der Waals surface area contributed by atoms with Crippen LogP contribution < -0.4 is 0 Å². The summed E-state index contributed by atoms with van der Waals surface area (Å²) in [5.41, 5.74) is 13.6. The van der Waals surface area contributed by atoms with Crippen molar-refractivity contribution in [1.82, 2.24) is 19.5 Å². The largest absolute Gasteiger partial charge is 0.456 e. The van der Waals surface area contributed by atoms with Gasteiger partial charge in [0.1, 0.15) is 22.3 Å². The molecule has 0 saturated heterocycles. The second kappa shape index (κ2) is 14.0. The van der Waals surface area contributed by atoms with Crippen LogP contribution >= 0.6 is 0 Å². The first-order chi connectivity index (χ1) is 31.2. The molecule has 0 radical (unpaired) electrons. The molecule has 0 spiro atoms. The van der Waals surface area contributed by atoms with Crippen molar-refractivity contribution in [1.29, 1.82) is 0 Å². The monoisotopic (exact) mass is 806 g/mol. The van der Waals surface area contributed by atoms with Crippen molar-refractivity contribution in [2.24, 2.45) is 0 Å². The fourth-order valence-electron chi connectivity index (χ4n) is 9.47. The van der Waals surface area contributed by atoms with Gasteiger partial charge in [-0.15, -0.1) is 0 Å². The van der Waals surface area contributed by atoms with Crippen molar-refractivity contribution < 1.29 is 8.83 Å². The zero-order valence-corrected chi connectivity index (χ0v) is 33.7. The van der Waals surface area contributed by atoms with Gasteiger partial charge in [-0.25, -0.2) is 15.0 Å². The van der Waals surface area contributed by atoms with Crippen molar-refractivity contribution in [3.8, 4) is 62.1 Å². The topological polar surface area (TPSA) is 69.9 Å². The normalized spacial score (nSPS) is 11.8. The van der Waals surface area contributed by atoms with Crippen LogP contribution in [0.3, 0.4) is 0 Å². The molecule has 63 heavy (non-hydrogen) atoms. The van der Waals surface area contributed by atoms with Gasteiger partial charge in [-0.05, 0) is 76.9 Å². The molecule has 0 saturated carbocycles. The summed E-state index contributed by atoms with van der Waals surface area (Å²) in [5.74, 6) is 1.74. The minimum absolute atomic E-state index is 0.565. The Balaban J connectivity index is 1.00. The number of hydrogen-bond acceptors (Lipinski definition) is 5. The molecule has 0 N–H and O–H groups in total. The Labute approximate surface area is 361 Å². The minimum atomic E-state index is 0.565. The van der Waals surface area contributed by atoms with E-state index in [2.05, 4.69) is 162 Å². The second-order valence-electron chi connectivity index (χ2n) is 15.9. The summed E-state index contributed by atoms with van der Waals surface area (Å²) in [5, 5.41) is 6.52. The summed E-state index contributed by atoms with van der Waals surface area (Å²) in [6.45, 7) is 0. The van der Waals surface area contributed by atoms with Crippen LogP contribution in [-0.4, -0.2) is 19.5 Å². The van der Waals surface area contributed by atoms with E-state index in [0.29, 0.717) is 17.5 Å². The molecule has 6 nitrogen and oxygen atoms in total. The van der Waals surface area contributed by atoms with Crippen LogP contribution in [0.1, 0.15) is 0 Å². The van der Waals surface area contributed by atoms with Gasteiger partial charge in [0, 0.05) is 54.7 Å². The van der Waals surface area contributed by atoms with Crippen molar-refractivity contribution in [3.05, 3.63) is 206 Å². The molecule has 0 aliphatic rings. The highest BCUT2D eigenvalue weighted by Crippen LogP contribution is 2.44. The van der Waals surface area contributed by atoms with Gasteiger partial charge in [0.2, 0.25) is 0 Å². The summed E-state index contributed by atoms with van der Waals surface area (Å²) >= 11 is 0. The number of rotatable bonds is 6. The average Bonchev–Trinajstić information content (AvgIpc) is 4.04. The number of para-hydroxylation sites is 2. The first kappa shape index (κ1) is 35.2. The van der Waals surface area contributed by atoms with Gasteiger partial charge in [-0.1, -0.05) is 152 Å². The van der Waals surface area contributed by atoms with Gasteiger partial charge in [-0.3, -0.25) is 0 Å². The van der Waals surface area contributed by atoms with Crippen LogP contribution in [0, 0.1) is 0 Å². The van der Waals surface area contributed by atoms with Crippen molar-refractivity contribution in [2.45, 2.75) is 0 Å². The number of fused-ring (bicyclic) bond motifs is 9. The van der Waals surface area contributed by atoms with Gasteiger partial charge in [0.05, 0.1) is 11.0 Å². The van der Waals surface area contributed by atoms with Gasteiger partial charge >= 0.3 is 0 Å². The second-order valence-corrected chi connectivity index (χ2v) is 15.9. The summed E-state index contributed by atoms with van der Waals surface area (Å²) in [7, 11) is 0. The molecule has 4 heterocycles. The Morgan fingerprint density at radius 2 is 0.810 bits per heavy atom. The standard InChI is InChI=1S/C57H34N4O2/c1-3-15-35(16-4-1)40-23-12-29-50-53(40)54-41(24-13-30-51(54)63-50)37-31-32-48-45(34-37)52-44(25-14-28-49(52)62-48)57-59-55(36-17-5-2-6-18-36)58-56(60-57)38-19-11-20-39(33-38)61-46-26-9-7-21-42(46)43-22-8-10-27-47(43)61/h1-34H. The van der Waals surface area contributed by atoms with Crippen LogP contribution in [0.2, 0.25) is 0 Å². The van der Waals surface area contributed by atoms with E-state index < -0.39 is 0 Å². The molecule has 0 bridgehead atoms. The van der Waals surface area contributed by atoms with Crippen LogP contribution in [0.15, 0.2) is 215 Å². The molecule has 0 aliphatic heterocycles. The number of hydrogen-bond donors (Lipinski definition) is 0. The molecule has 0 unspecified atom stereocenters. The van der Waals surface area contributed by atoms with E-state index >= 15 is 0 Å². The Morgan fingerprint density at radius 3 is 1.49 bits per heavy atom. The number of benzene rings is 9. The zero-order valence-electron chi connectivity index (χ0n) is 33.7. The van der Waals surface area contributed by atoms with Gasteiger partial charge in [-0.2, -0.15) is 0 Å². The van der Waals surface area contributed by atoms with E-state index in [4.69, 9.17) is 23.8 Å². The molecule has 0 amide bonds. The lowest BCUT2D eigenvalue weighted by molar-refractivity contribution is 0.669. The molecular weight excluding hydrogens is 773 g/mol. The maximum absolute atomic E-state index is 6.59. The highest BCUT2D eigenvalue weighted by atomic mass is 16.3. The number of nitrogens with zero attached hydrogens (tertiary/aromatic N) is 4. The third kappa shape index (κ3) is 5.62. The molecule has 13 aromatic rings. The van der Waals surface area contributed by atoms with Gasteiger partial charge in [0.15, 0.2) is 17.5 Å². The lowest BCUT2D eigenvalue weighted by atomic mass is 9.94. The first-order valence-electron chi connectivity index (χ1n) is 21.1. The Hall–Kier alpha value is -8.61. The summed E-state index contributed by atoms with van der Waals surface area (Å²) in [6, 6.07) is 71.4. The summed E-state index contributed by atoms with van der Waals surface area (Å²) in [6.07, 6.45) is 0. The van der Waals surface area contributed by atoms with Crippen molar-refractivity contribution in [3.63, 3.8) is 0 Å². The minimum Gasteiger partial charge on any atom is -0.456 e. The highest BCUT2D eigenvalue weighted by molar-refractivity contribution is 6.19. The van der Waals surface area contributed by atoms with E-state index in [1.807, 2.05) is 48.5 Å². The van der Waals surface area contributed by atoms with E-state index in [1.165, 1.54) is 10.8 Å². The molecule has 0 atom stereocenters. The maximum atomic E-state index is 6.59. The van der Waals surface area contributed by atoms with E-state index in [1.54, 1.807) is 0 Å². The molecule has 4 aromatic heterocycles. The van der Waals surface area contributed by atoms with E-state index in [-0.39, 0.29) is 0 Å². The highest BCUT2D eigenvalue weighted by Gasteiger charge is 2.21. The van der Waals surface area contributed by atoms with E-state index in [9.17, 15) is 0 Å². The maximum Gasteiger partial charge on any atom is 0.164 e. The molecule has 6 heteroatoms. The number of aromatic nitrogens is 4. The Bertz CT molecular complexity index is 3870. The third-order valence-corrected chi connectivity index (χ3v) is 12.3. The molecule has 294 valence electrons. The molecule has 9 aromatic carbocycles. The van der Waals surface area contributed by atoms with E-state index in [0.717, 1.165) is 99.5 Å². The predicted octanol–water partition coefficient (Wildman–Crippen LogP) is 15.1. The third-order valence-electron chi connectivity index (χ3n) is 12.3. The summed E-state index contributed by atoms with van der Waals surface area (Å²) < 4.78 is 15.4. The van der Waals surface area contributed by atoms with Crippen LogP contribution in [0.25, 0.3) is 128 Å². The molecule has 0 aliphatic carbocycles.